The molecule has 3 aromatic rings. The summed E-state index contributed by atoms with van der Waals surface area (Å²) in [6.07, 6.45) is 9.96. The predicted octanol–water partition coefficient (Wildman–Crippen LogP) is 4.39. The van der Waals surface area contributed by atoms with Gasteiger partial charge in [0.25, 0.3) is 0 Å². The van der Waals surface area contributed by atoms with Gasteiger partial charge in [-0.15, -0.1) is 0 Å². The average molecular weight is 315 g/mol. The Kier molecular flexibility index (Phi) is 3.10. The third-order valence-corrected chi connectivity index (χ3v) is 5.42. The van der Waals surface area contributed by atoms with Crippen LogP contribution in [0.15, 0.2) is 36.5 Å². The fourth-order valence-electron chi connectivity index (χ4n) is 4.23. The van der Waals surface area contributed by atoms with Crippen LogP contribution >= 0.6 is 0 Å². The zero-order chi connectivity index (χ0) is 16.1. The van der Waals surface area contributed by atoms with Gasteiger partial charge in [-0.1, -0.05) is 36.4 Å². The number of nitrogens with one attached hydrogen (secondary N) is 2. The van der Waals surface area contributed by atoms with Crippen LogP contribution in [0.25, 0.3) is 23.1 Å². The van der Waals surface area contributed by atoms with Crippen molar-refractivity contribution >= 4 is 23.1 Å². The molecule has 1 saturated heterocycles. The number of aromatic amines is 1. The highest BCUT2D eigenvalue weighted by Crippen LogP contribution is 2.40. The summed E-state index contributed by atoms with van der Waals surface area (Å²) in [5.41, 5.74) is 7.65. The molecule has 24 heavy (non-hydrogen) atoms. The molecule has 0 radical (unpaired) electrons. The van der Waals surface area contributed by atoms with Crippen molar-refractivity contribution in [3.8, 4) is 0 Å². The number of nitrogens with zero attached hydrogens (tertiary/aromatic N) is 1. The third kappa shape index (κ3) is 2.20. The first-order chi connectivity index (χ1) is 11.8. The molecule has 2 bridgehead atoms. The molecule has 3 heteroatoms. The lowest BCUT2D eigenvalue weighted by Crippen LogP contribution is -2.31. The third-order valence-electron chi connectivity index (χ3n) is 5.42. The van der Waals surface area contributed by atoms with Crippen molar-refractivity contribution in [2.24, 2.45) is 0 Å². The van der Waals surface area contributed by atoms with Crippen molar-refractivity contribution in [3.05, 3.63) is 64.6 Å². The summed E-state index contributed by atoms with van der Waals surface area (Å²) in [5, 5.41) is 5.14. The Bertz CT molecular complexity index is 934. The van der Waals surface area contributed by atoms with Crippen LogP contribution in [0, 0.1) is 6.92 Å². The molecule has 0 unspecified atom stereocenters. The number of aromatic nitrogens is 2. The largest absolute Gasteiger partial charge is 0.358 e. The summed E-state index contributed by atoms with van der Waals surface area (Å²) in [7, 11) is 0. The van der Waals surface area contributed by atoms with Crippen molar-refractivity contribution in [1.29, 1.82) is 0 Å². The van der Waals surface area contributed by atoms with E-state index < -0.39 is 0 Å². The molecule has 2 aliphatic rings. The fourth-order valence-corrected chi connectivity index (χ4v) is 4.23. The van der Waals surface area contributed by atoms with Crippen LogP contribution in [0.4, 0.5) is 0 Å². The Labute approximate surface area is 141 Å². The van der Waals surface area contributed by atoms with Crippen molar-refractivity contribution in [1.82, 2.24) is 15.3 Å². The number of H-pyrrole nitrogens is 1. The number of fused-ring (bicyclic) bond motifs is 6. The first-order valence-corrected chi connectivity index (χ1v) is 8.78. The van der Waals surface area contributed by atoms with Crippen molar-refractivity contribution in [2.45, 2.75) is 38.3 Å². The van der Waals surface area contributed by atoms with Gasteiger partial charge in [0.2, 0.25) is 0 Å². The van der Waals surface area contributed by atoms with E-state index >= 15 is 0 Å². The van der Waals surface area contributed by atoms with E-state index in [0.29, 0.717) is 12.1 Å². The SMILES string of the molecule is Cc1ccc(/C=C/c2cccc3c4c([nH]c23)C[C@H]2CC[C@@H]4N2)cn1. The number of aryl methyl sites for hydroxylation is 1. The summed E-state index contributed by atoms with van der Waals surface area (Å²) in [5.74, 6) is 0. The molecule has 1 fully saturated rings. The Hall–Kier alpha value is -2.39. The van der Waals surface area contributed by atoms with E-state index in [9.17, 15) is 0 Å². The maximum absolute atomic E-state index is 4.37. The lowest BCUT2D eigenvalue weighted by molar-refractivity contribution is 0.513. The normalized spacial score (nSPS) is 22.4. The fraction of sp³-hybridized carbons (Fsp3) is 0.286. The summed E-state index contributed by atoms with van der Waals surface area (Å²) < 4.78 is 0. The van der Waals surface area contributed by atoms with Crippen LogP contribution in [-0.4, -0.2) is 16.0 Å². The molecule has 4 heterocycles. The van der Waals surface area contributed by atoms with Gasteiger partial charge in [-0.05, 0) is 42.5 Å². The van der Waals surface area contributed by atoms with Crippen LogP contribution < -0.4 is 5.32 Å². The Morgan fingerprint density at radius 1 is 1.12 bits per heavy atom. The molecule has 0 spiro atoms. The second-order valence-electron chi connectivity index (χ2n) is 7.05. The van der Waals surface area contributed by atoms with Gasteiger partial charge in [0, 0.05) is 41.5 Å². The number of benzene rings is 1. The molecule has 0 amide bonds. The molecular weight excluding hydrogens is 294 g/mol. The smallest absolute Gasteiger partial charge is 0.0533 e. The van der Waals surface area contributed by atoms with Crippen LogP contribution in [0.1, 0.15) is 47.0 Å². The minimum absolute atomic E-state index is 0.535. The lowest BCUT2D eigenvalue weighted by Gasteiger charge is -2.21. The molecule has 0 aliphatic carbocycles. The molecule has 3 nitrogen and oxygen atoms in total. The van der Waals surface area contributed by atoms with Gasteiger partial charge in [0.05, 0.1) is 5.52 Å². The number of rotatable bonds is 2. The zero-order valence-electron chi connectivity index (χ0n) is 13.8. The van der Waals surface area contributed by atoms with E-state index in [4.69, 9.17) is 0 Å². The van der Waals surface area contributed by atoms with E-state index in [1.165, 1.54) is 40.6 Å². The quantitative estimate of drug-likeness (QED) is 0.736. The zero-order valence-corrected chi connectivity index (χ0v) is 13.8. The first-order valence-electron chi connectivity index (χ1n) is 8.78. The molecule has 2 N–H and O–H groups in total. The molecular formula is C21H21N3. The van der Waals surface area contributed by atoms with Crippen LogP contribution in [-0.2, 0) is 6.42 Å². The van der Waals surface area contributed by atoms with Crippen LogP contribution in [0.2, 0.25) is 0 Å². The highest BCUT2D eigenvalue weighted by Gasteiger charge is 2.34. The minimum Gasteiger partial charge on any atom is -0.358 e. The highest BCUT2D eigenvalue weighted by molar-refractivity contribution is 5.94. The van der Waals surface area contributed by atoms with Crippen molar-refractivity contribution in [3.63, 3.8) is 0 Å². The van der Waals surface area contributed by atoms with Gasteiger partial charge in [-0.25, -0.2) is 0 Å². The van der Waals surface area contributed by atoms with E-state index in [1.807, 2.05) is 13.1 Å². The molecule has 5 rings (SSSR count). The average Bonchev–Trinajstić information content (AvgIpc) is 3.16. The van der Waals surface area contributed by atoms with Crippen LogP contribution in [0.5, 0.6) is 0 Å². The monoisotopic (exact) mass is 315 g/mol. The Morgan fingerprint density at radius 2 is 2.08 bits per heavy atom. The Morgan fingerprint density at radius 3 is 2.96 bits per heavy atom. The molecule has 120 valence electrons. The Balaban J connectivity index is 1.58. The topological polar surface area (TPSA) is 40.7 Å². The minimum atomic E-state index is 0.535. The van der Waals surface area contributed by atoms with Gasteiger partial charge < -0.3 is 10.3 Å². The number of para-hydroxylation sites is 1. The van der Waals surface area contributed by atoms with E-state index in [0.717, 1.165) is 17.7 Å². The van der Waals surface area contributed by atoms with E-state index in [-0.39, 0.29) is 0 Å². The molecule has 2 atom stereocenters. The predicted molar refractivity (Wildman–Crippen MR) is 98.8 cm³/mol. The highest BCUT2D eigenvalue weighted by atomic mass is 15.0. The first kappa shape index (κ1) is 14.0. The lowest BCUT2D eigenvalue weighted by atomic mass is 9.98. The van der Waals surface area contributed by atoms with E-state index in [1.54, 1.807) is 0 Å². The van der Waals surface area contributed by atoms with Gasteiger partial charge in [-0.2, -0.15) is 0 Å². The molecule has 0 saturated carbocycles. The summed E-state index contributed by atoms with van der Waals surface area (Å²) >= 11 is 0. The van der Waals surface area contributed by atoms with Gasteiger partial charge >= 0.3 is 0 Å². The maximum Gasteiger partial charge on any atom is 0.0533 e. The van der Waals surface area contributed by atoms with Gasteiger partial charge in [0.1, 0.15) is 0 Å². The summed E-state index contributed by atoms with van der Waals surface area (Å²) in [6.45, 7) is 2.01. The van der Waals surface area contributed by atoms with Crippen LogP contribution in [0.3, 0.4) is 0 Å². The van der Waals surface area contributed by atoms with Gasteiger partial charge in [-0.3, -0.25) is 4.98 Å². The van der Waals surface area contributed by atoms with Crippen molar-refractivity contribution in [2.75, 3.05) is 0 Å². The number of hydrogen-bond donors (Lipinski definition) is 2. The van der Waals surface area contributed by atoms with Gasteiger partial charge in [0.15, 0.2) is 0 Å². The number of pyridine rings is 1. The molecule has 1 aromatic carbocycles. The maximum atomic E-state index is 4.37. The molecule has 2 aromatic heterocycles. The molecule has 2 aliphatic heterocycles. The summed E-state index contributed by atoms with van der Waals surface area (Å²) in [4.78, 5) is 8.09. The second kappa shape index (κ2) is 5.32. The standard InChI is InChI=1S/C21H21N3/c1-13-5-6-14(12-22-13)7-8-15-3-2-4-17-20-18-10-9-16(23-18)11-19(20)24-21(15)17/h2-8,12,16,18,23-24H,9-11H2,1H3/b8-7+/t16-,18+/m1/s1. The van der Waals surface area contributed by atoms with Crippen molar-refractivity contribution < 1.29 is 0 Å². The second-order valence-corrected chi connectivity index (χ2v) is 7.05. The number of hydrogen-bond acceptors (Lipinski definition) is 2. The van der Waals surface area contributed by atoms with E-state index in [2.05, 4.69) is 57.8 Å². The summed E-state index contributed by atoms with van der Waals surface area (Å²) in [6, 6.07) is 12.0.